The molecule has 4 N–H and O–H groups in total. The Hall–Kier alpha value is -5.59. The van der Waals surface area contributed by atoms with Crippen molar-refractivity contribution in [3.63, 3.8) is 0 Å². The first kappa shape index (κ1) is 36.9. The van der Waals surface area contributed by atoms with Crippen LogP contribution in [0.4, 0.5) is 21.9 Å². The summed E-state index contributed by atoms with van der Waals surface area (Å²) in [7, 11) is 2.84. The van der Waals surface area contributed by atoms with Crippen LogP contribution in [0.25, 0.3) is 0 Å². The Morgan fingerprint density at radius 1 is 0.792 bits per heavy atom. The Kier molecular flexibility index (Phi) is 13.8. The quantitative estimate of drug-likeness (QED) is 0.165. The van der Waals surface area contributed by atoms with Crippen LogP contribution >= 0.6 is 0 Å². The Morgan fingerprint density at radius 2 is 1.46 bits per heavy atom. The highest BCUT2D eigenvalue weighted by Crippen LogP contribution is 2.26. The largest absolute Gasteiger partial charge is 0.497 e. The van der Waals surface area contributed by atoms with Crippen LogP contribution in [0.2, 0.25) is 0 Å². The van der Waals surface area contributed by atoms with Crippen LogP contribution < -0.4 is 25.4 Å². The van der Waals surface area contributed by atoms with Crippen molar-refractivity contribution in [2.24, 2.45) is 5.92 Å². The van der Waals surface area contributed by atoms with Crippen LogP contribution in [0.1, 0.15) is 42.6 Å². The summed E-state index contributed by atoms with van der Waals surface area (Å²) in [6, 6.07) is 18.1. The first-order valence-electron chi connectivity index (χ1n) is 15.4. The maximum absolute atomic E-state index is 13.6. The van der Waals surface area contributed by atoms with Crippen LogP contribution in [0.5, 0.6) is 11.5 Å². The number of urea groups is 1. The van der Waals surface area contributed by atoms with Crippen LogP contribution in [0.3, 0.4) is 0 Å². The minimum atomic E-state index is -1.14. The lowest BCUT2D eigenvalue weighted by Gasteiger charge is -2.28. The molecule has 13 heteroatoms. The lowest BCUT2D eigenvalue weighted by Crippen LogP contribution is -2.46. The lowest BCUT2D eigenvalue weighted by atomic mass is 10.1. The molecule has 0 aliphatic rings. The van der Waals surface area contributed by atoms with E-state index in [4.69, 9.17) is 9.47 Å². The number of nitrogens with one attached hydrogen (secondary N) is 3. The number of amides is 5. The van der Waals surface area contributed by atoms with E-state index in [0.717, 1.165) is 10.5 Å². The second kappa shape index (κ2) is 17.9. The van der Waals surface area contributed by atoms with Crippen LogP contribution in [-0.4, -0.2) is 85.0 Å². The number of carbonyl (C=O) groups excluding carboxylic acids is 4. The third kappa shape index (κ3) is 11.3. The third-order valence-electron chi connectivity index (χ3n) is 7.33. The highest BCUT2D eigenvalue weighted by atomic mass is 16.5. The summed E-state index contributed by atoms with van der Waals surface area (Å²) in [5.74, 6) is -1.91. The van der Waals surface area contributed by atoms with Gasteiger partial charge in [0.25, 0.3) is 5.91 Å². The van der Waals surface area contributed by atoms with Crippen molar-refractivity contribution in [2.75, 3.05) is 56.3 Å². The Balaban J connectivity index is 1.70. The summed E-state index contributed by atoms with van der Waals surface area (Å²) < 4.78 is 10.6. The van der Waals surface area contributed by atoms with E-state index < -0.39 is 42.7 Å². The van der Waals surface area contributed by atoms with E-state index in [9.17, 15) is 29.1 Å². The summed E-state index contributed by atoms with van der Waals surface area (Å²) >= 11 is 0. The van der Waals surface area contributed by atoms with Gasteiger partial charge in [-0.2, -0.15) is 0 Å². The molecule has 0 saturated carbocycles. The van der Waals surface area contributed by atoms with Gasteiger partial charge in [0.2, 0.25) is 11.8 Å². The fraction of sp³-hybridized carbons (Fsp3) is 0.343. The monoisotopic (exact) mass is 661 g/mol. The van der Waals surface area contributed by atoms with Gasteiger partial charge in [-0.25, -0.2) is 4.79 Å². The Labute approximate surface area is 280 Å². The highest BCUT2D eigenvalue weighted by Gasteiger charge is 2.26. The average molecular weight is 662 g/mol. The molecule has 3 aromatic rings. The van der Waals surface area contributed by atoms with Crippen LogP contribution in [0.15, 0.2) is 66.7 Å². The summed E-state index contributed by atoms with van der Waals surface area (Å²) in [5, 5.41) is 17.6. The smallest absolute Gasteiger partial charge is 0.323 e. The molecule has 0 atom stereocenters. The number of aryl methyl sites for hydroxylation is 1. The fourth-order valence-electron chi connectivity index (χ4n) is 4.61. The van der Waals surface area contributed by atoms with Gasteiger partial charge < -0.3 is 40.3 Å². The minimum absolute atomic E-state index is 0.104. The van der Waals surface area contributed by atoms with Crippen molar-refractivity contribution < 1.29 is 38.6 Å². The van der Waals surface area contributed by atoms with E-state index in [1.54, 1.807) is 42.5 Å². The molecule has 0 saturated heterocycles. The number of para-hydroxylation sites is 1. The number of aliphatic carboxylic acids is 1. The first-order valence-corrected chi connectivity index (χ1v) is 15.4. The third-order valence-corrected chi connectivity index (χ3v) is 7.33. The van der Waals surface area contributed by atoms with Gasteiger partial charge in [-0.05, 0) is 73.4 Å². The van der Waals surface area contributed by atoms with E-state index in [2.05, 4.69) is 16.0 Å². The standard InChI is InChI=1S/C35H43N5O8/c1-23(2)16-18-39(32(42)22-40(19-17-33(43)44)34(45)28-20-27(47-4)14-15-30(28)48-5)21-31(41)36-25-10-12-26(13-11-25)37-35(46)38-29-9-7-6-8-24(29)3/h6-15,20,23H,16-19,21-22H2,1-5H3,(H,36,41)(H,43,44)(H2,37,38,46). The minimum Gasteiger partial charge on any atom is -0.497 e. The number of hydrogen-bond donors (Lipinski definition) is 4. The number of hydrogen-bond acceptors (Lipinski definition) is 7. The van der Waals surface area contributed by atoms with Crippen LogP contribution in [-0.2, 0) is 14.4 Å². The van der Waals surface area contributed by atoms with E-state index in [1.165, 1.54) is 25.2 Å². The molecule has 0 fully saturated rings. The molecule has 0 spiro atoms. The number of nitrogens with zero attached hydrogens (tertiary/aromatic N) is 2. The predicted octanol–water partition coefficient (Wildman–Crippen LogP) is 5.09. The number of ether oxygens (including phenoxy) is 2. The molecule has 13 nitrogen and oxygen atoms in total. The second-order valence-corrected chi connectivity index (χ2v) is 11.5. The predicted molar refractivity (Wildman–Crippen MR) is 183 cm³/mol. The zero-order valence-electron chi connectivity index (χ0n) is 27.9. The maximum Gasteiger partial charge on any atom is 0.323 e. The number of carbonyl (C=O) groups is 5. The molecule has 0 radical (unpaired) electrons. The van der Waals surface area contributed by atoms with Gasteiger partial charge in [0.05, 0.1) is 32.7 Å². The summed E-state index contributed by atoms with van der Waals surface area (Å²) in [6.45, 7) is 5.10. The second-order valence-electron chi connectivity index (χ2n) is 11.5. The van der Waals surface area contributed by atoms with Crippen LogP contribution in [0, 0.1) is 12.8 Å². The number of carboxylic acid groups (broad SMARTS) is 1. The zero-order valence-corrected chi connectivity index (χ0v) is 27.9. The average Bonchev–Trinajstić information content (AvgIpc) is 3.05. The van der Waals surface area contributed by atoms with Crippen molar-refractivity contribution in [1.82, 2.24) is 9.80 Å². The van der Waals surface area contributed by atoms with Gasteiger partial charge in [0, 0.05) is 30.2 Å². The number of rotatable bonds is 16. The molecule has 256 valence electrons. The van der Waals surface area contributed by atoms with E-state index in [0.29, 0.717) is 29.2 Å². The Morgan fingerprint density at radius 3 is 2.06 bits per heavy atom. The van der Waals surface area contributed by atoms with E-state index in [-0.39, 0.29) is 36.9 Å². The summed E-state index contributed by atoms with van der Waals surface area (Å²) in [4.78, 5) is 66.7. The maximum atomic E-state index is 13.6. The molecule has 0 heterocycles. The molecule has 0 unspecified atom stereocenters. The van der Waals surface area contributed by atoms with Gasteiger partial charge >= 0.3 is 12.0 Å². The molecule has 5 amide bonds. The lowest BCUT2D eigenvalue weighted by molar-refractivity contribution is -0.138. The molecule has 48 heavy (non-hydrogen) atoms. The molecule has 3 aromatic carbocycles. The van der Waals surface area contributed by atoms with Gasteiger partial charge in [0.15, 0.2) is 0 Å². The van der Waals surface area contributed by atoms with Gasteiger partial charge in [-0.15, -0.1) is 0 Å². The van der Waals surface area contributed by atoms with Gasteiger partial charge in [-0.1, -0.05) is 32.0 Å². The normalized spacial score (nSPS) is 10.5. The van der Waals surface area contributed by atoms with Gasteiger partial charge in [0.1, 0.15) is 18.0 Å². The topological polar surface area (TPSA) is 167 Å². The van der Waals surface area contributed by atoms with Crippen molar-refractivity contribution in [3.8, 4) is 11.5 Å². The Bertz CT molecular complexity index is 1590. The molecule has 3 rings (SSSR count). The molecular formula is C35H43N5O8. The van der Waals surface area contributed by atoms with Crippen molar-refractivity contribution >= 4 is 46.8 Å². The highest BCUT2D eigenvalue weighted by molar-refractivity contribution is 6.01. The zero-order chi connectivity index (χ0) is 35.2. The molecule has 0 bridgehead atoms. The first-order chi connectivity index (χ1) is 22.9. The van der Waals surface area contributed by atoms with Gasteiger partial charge in [-0.3, -0.25) is 19.2 Å². The van der Waals surface area contributed by atoms with Crippen molar-refractivity contribution in [3.05, 3.63) is 77.9 Å². The van der Waals surface area contributed by atoms with Crippen molar-refractivity contribution in [2.45, 2.75) is 33.6 Å². The molecule has 0 aliphatic carbocycles. The van der Waals surface area contributed by atoms with Crippen molar-refractivity contribution in [1.29, 1.82) is 0 Å². The SMILES string of the molecule is COc1ccc(OC)c(C(=O)N(CCC(=O)O)CC(=O)N(CCC(C)C)CC(=O)Nc2ccc(NC(=O)Nc3ccccc3C)cc2)c1. The number of anilines is 3. The molecular weight excluding hydrogens is 618 g/mol. The number of carboxylic acids is 1. The number of benzene rings is 3. The van der Waals surface area contributed by atoms with E-state index in [1.807, 2.05) is 39.0 Å². The molecule has 0 aromatic heterocycles. The van der Waals surface area contributed by atoms with E-state index >= 15 is 0 Å². The molecule has 0 aliphatic heterocycles. The number of methoxy groups -OCH3 is 2. The summed E-state index contributed by atoms with van der Waals surface area (Å²) in [6.07, 6.45) is 0.201. The summed E-state index contributed by atoms with van der Waals surface area (Å²) in [5.41, 5.74) is 2.66. The fourth-order valence-corrected chi connectivity index (χ4v) is 4.61.